The third-order valence-electron chi connectivity index (χ3n) is 1.69. The van der Waals surface area contributed by atoms with Crippen LogP contribution in [0.5, 0.6) is 0 Å². The summed E-state index contributed by atoms with van der Waals surface area (Å²) < 4.78 is 0. The van der Waals surface area contributed by atoms with E-state index in [4.69, 9.17) is 0 Å². The molecule has 0 nitrogen and oxygen atoms in total. The molecule has 0 saturated heterocycles. The normalized spacial score (nSPS) is 12.1. The highest BCUT2D eigenvalue weighted by molar-refractivity contribution is 4.96. The van der Waals surface area contributed by atoms with E-state index >= 15 is 0 Å². The topological polar surface area (TPSA) is 0 Å². The fraction of sp³-hybridized carbons (Fsp3) is 0.800. The summed E-state index contributed by atoms with van der Waals surface area (Å²) in [5.74, 6) is 0. The molecule has 0 bridgehead atoms. The molecule has 0 fully saturated rings. The van der Waals surface area contributed by atoms with E-state index in [0.29, 0.717) is 0 Å². The zero-order chi connectivity index (χ0) is 7.82. The van der Waals surface area contributed by atoms with Gasteiger partial charge in [0.25, 0.3) is 0 Å². The van der Waals surface area contributed by atoms with Gasteiger partial charge in [0.1, 0.15) is 0 Å². The summed E-state index contributed by atoms with van der Waals surface area (Å²) in [5.41, 5.74) is 1.57. The molecular weight excluding hydrogens is 120 g/mol. The molecule has 0 spiro atoms. The second kappa shape index (κ2) is 6.85. The average molecular weight is 140 g/mol. The minimum Gasteiger partial charge on any atom is -0.0856 e. The molecule has 0 heterocycles. The lowest BCUT2D eigenvalue weighted by Gasteiger charge is -1.96. The Kier molecular flexibility index (Phi) is 6.68. The van der Waals surface area contributed by atoms with Gasteiger partial charge in [0, 0.05) is 0 Å². The van der Waals surface area contributed by atoms with Gasteiger partial charge in [-0.25, -0.2) is 0 Å². The molecule has 0 heteroatoms. The minimum atomic E-state index is 1.28. The van der Waals surface area contributed by atoms with E-state index in [9.17, 15) is 0 Å². The van der Waals surface area contributed by atoms with Crippen molar-refractivity contribution in [2.24, 2.45) is 0 Å². The predicted octanol–water partition coefficient (Wildman–Crippen LogP) is 3.92. The van der Waals surface area contributed by atoms with Gasteiger partial charge in [-0.2, -0.15) is 0 Å². The molecule has 0 amide bonds. The van der Waals surface area contributed by atoms with E-state index in [1.54, 1.807) is 5.57 Å². The first-order valence-electron chi connectivity index (χ1n) is 4.46. The maximum atomic E-state index is 2.38. The molecule has 0 rings (SSSR count). The number of hydrogen-bond acceptors (Lipinski definition) is 0. The van der Waals surface area contributed by atoms with Crippen LogP contribution < -0.4 is 0 Å². The maximum Gasteiger partial charge on any atom is -0.0326 e. The van der Waals surface area contributed by atoms with Gasteiger partial charge >= 0.3 is 0 Å². The van der Waals surface area contributed by atoms with Crippen LogP contribution in [0, 0.1) is 0 Å². The largest absolute Gasteiger partial charge is 0.0856 e. The molecule has 0 unspecified atom stereocenters. The third-order valence-corrected chi connectivity index (χ3v) is 1.69. The van der Waals surface area contributed by atoms with Gasteiger partial charge in [-0.1, -0.05) is 44.8 Å². The Labute approximate surface area is 65.3 Å². The standard InChI is InChI=1S/C10H20/c1-4-6-7-9-10(3)8-5-2/h9H,4-8H2,1-3H3/b10-9+. The van der Waals surface area contributed by atoms with E-state index in [1.807, 2.05) is 0 Å². The fourth-order valence-electron chi connectivity index (χ4n) is 1.05. The van der Waals surface area contributed by atoms with Crippen LogP contribution in [-0.2, 0) is 0 Å². The van der Waals surface area contributed by atoms with Crippen LogP contribution >= 0.6 is 0 Å². The van der Waals surface area contributed by atoms with Crippen molar-refractivity contribution in [3.05, 3.63) is 11.6 Å². The lowest BCUT2D eigenvalue weighted by Crippen LogP contribution is -1.75. The number of allylic oxidation sites excluding steroid dienone is 2. The lowest BCUT2D eigenvalue weighted by atomic mass is 10.1. The van der Waals surface area contributed by atoms with E-state index in [2.05, 4.69) is 26.8 Å². The molecule has 10 heavy (non-hydrogen) atoms. The maximum absolute atomic E-state index is 2.38. The highest BCUT2D eigenvalue weighted by atomic mass is 13.9. The monoisotopic (exact) mass is 140 g/mol. The Bertz CT molecular complexity index is 90.2. The van der Waals surface area contributed by atoms with Crippen LogP contribution in [0.2, 0.25) is 0 Å². The summed E-state index contributed by atoms with van der Waals surface area (Å²) in [4.78, 5) is 0. The molecule has 0 aromatic rings. The quantitative estimate of drug-likeness (QED) is 0.401. The highest BCUT2D eigenvalue weighted by Crippen LogP contribution is 2.06. The molecule has 0 N–H and O–H groups in total. The van der Waals surface area contributed by atoms with Crippen molar-refractivity contribution in [3.8, 4) is 0 Å². The Balaban J connectivity index is 3.28. The first-order chi connectivity index (χ1) is 4.81. The molecule has 0 atom stereocenters. The molecule has 0 aliphatic rings. The van der Waals surface area contributed by atoms with Crippen LogP contribution in [0.3, 0.4) is 0 Å². The number of rotatable bonds is 5. The number of unbranched alkanes of at least 4 members (excludes halogenated alkanes) is 2. The zero-order valence-electron chi connectivity index (χ0n) is 7.61. The van der Waals surface area contributed by atoms with Crippen molar-refractivity contribution in [2.75, 3.05) is 0 Å². The van der Waals surface area contributed by atoms with E-state index in [1.165, 1.54) is 32.1 Å². The van der Waals surface area contributed by atoms with Crippen LogP contribution in [-0.4, -0.2) is 0 Å². The van der Waals surface area contributed by atoms with Gasteiger partial charge < -0.3 is 0 Å². The molecule has 0 aliphatic carbocycles. The van der Waals surface area contributed by atoms with Crippen molar-refractivity contribution in [3.63, 3.8) is 0 Å². The molecule has 0 radical (unpaired) electrons. The molecule has 0 aromatic carbocycles. The van der Waals surface area contributed by atoms with Crippen molar-refractivity contribution in [1.29, 1.82) is 0 Å². The second-order valence-electron chi connectivity index (χ2n) is 2.94. The summed E-state index contributed by atoms with van der Waals surface area (Å²) in [7, 11) is 0. The Morgan fingerprint density at radius 2 is 1.90 bits per heavy atom. The number of hydrogen-bond donors (Lipinski definition) is 0. The van der Waals surface area contributed by atoms with E-state index in [0.717, 1.165) is 0 Å². The first kappa shape index (κ1) is 9.74. The van der Waals surface area contributed by atoms with Gasteiger partial charge in [-0.05, 0) is 19.8 Å². The third kappa shape index (κ3) is 5.87. The Morgan fingerprint density at radius 1 is 1.20 bits per heavy atom. The van der Waals surface area contributed by atoms with E-state index < -0.39 is 0 Å². The second-order valence-corrected chi connectivity index (χ2v) is 2.94. The molecule has 0 aromatic heterocycles. The summed E-state index contributed by atoms with van der Waals surface area (Å²) >= 11 is 0. The minimum absolute atomic E-state index is 1.28. The summed E-state index contributed by atoms with van der Waals surface area (Å²) in [5, 5.41) is 0. The van der Waals surface area contributed by atoms with Gasteiger partial charge in [0.2, 0.25) is 0 Å². The van der Waals surface area contributed by atoms with Crippen molar-refractivity contribution >= 4 is 0 Å². The van der Waals surface area contributed by atoms with Crippen LogP contribution in [0.1, 0.15) is 52.9 Å². The fourth-order valence-corrected chi connectivity index (χ4v) is 1.05. The SMILES string of the molecule is CCCC/C=C(\C)CCC. The zero-order valence-corrected chi connectivity index (χ0v) is 7.61. The Hall–Kier alpha value is -0.260. The average Bonchev–Trinajstić information content (AvgIpc) is 1.89. The van der Waals surface area contributed by atoms with Crippen LogP contribution in [0.15, 0.2) is 11.6 Å². The highest BCUT2D eigenvalue weighted by Gasteiger charge is 1.85. The van der Waals surface area contributed by atoms with Gasteiger partial charge in [0.15, 0.2) is 0 Å². The first-order valence-corrected chi connectivity index (χ1v) is 4.46. The molecule has 60 valence electrons. The molecular formula is C10H20. The van der Waals surface area contributed by atoms with Gasteiger partial charge in [-0.3, -0.25) is 0 Å². The lowest BCUT2D eigenvalue weighted by molar-refractivity contribution is 0.800. The van der Waals surface area contributed by atoms with Crippen LogP contribution in [0.25, 0.3) is 0 Å². The molecule has 0 aliphatic heterocycles. The summed E-state index contributed by atoms with van der Waals surface area (Å²) in [6, 6.07) is 0. The molecule has 0 saturated carbocycles. The summed E-state index contributed by atoms with van der Waals surface area (Å²) in [6.45, 7) is 6.71. The Morgan fingerprint density at radius 3 is 2.40 bits per heavy atom. The van der Waals surface area contributed by atoms with Crippen molar-refractivity contribution < 1.29 is 0 Å². The van der Waals surface area contributed by atoms with Crippen molar-refractivity contribution in [1.82, 2.24) is 0 Å². The van der Waals surface area contributed by atoms with E-state index in [-0.39, 0.29) is 0 Å². The summed E-state index contributed by atoms with van der Waals surface area (Å²) in [6.07, 6.45) is 8.89. The van der Waals surface area contributed by atoms with Crippen LogP contribution in [0.4, 0.5) is 0 Å². The van der Waals surface area contributed by atoms with Gasteiger partial charge in [0.05, 0.1) is 0 Å². The predicted molar refractivity (Wildman–Crippen MR) is 48.2 cm³/mol. The van der Waals surface area contributed by atoms with Crippen molar-refractivity contribution in [2.45, 2.75) is 52.9 Å². The smallest absolute Gasteiger partial charge is 0.0326 e. The van der Waals surface area contributed by atoms with Gasteiger partial charge in [-0.15, -0.1) is 0 Å².